The number of hydrogen-bond donors (Lipinski definition) is 3. The van der Waals surface area contributed by atoms with Gasteiger partial charge in [-0.05, 0) is 0 Å². The summed E-state index contributed by atoms with van der Waals surface area (Å²) < 4.78 is 0. The number of hydrogen-bond acceptors (Lipinski definition) is 3. The molecule has 0 radical (unpaired) electrons. The molecule has 0 heterocycles. The van der Waals surface area contributed by atoms with E-state index in [0.717, 1.165) is 0 Å². The summed E-state index contributed by atoms with van der Waals surface area (Å²) in [5.41, 5.74) is 0. The van der Waals surface area contributed by atoms with Crippen molar-refractivity contribution in [3.05, 3.63) is 0 Å². The fourth-order valence-corrected chi connectivity index (χ4v) is 0.189. The fraction of sp³-hybridized carbons (Fsp3) is 1.00. The Kier molecular flexibility index (Phi) is 3.92. The summed E-state index contributed by atoms with van der Waals surface area (Å²) in [6, 6.07) is 0. The minimum Gasteiger partial charge on any atom is -0.394 e. The minimum atomic E-state index is -0.780. The lowest BCUT2D eigenvalue weighted by atomic mass is 10.4. The van der Waals surface area contributed by atoms with E-state index in [1.54, 1.807) is 0 Å². The third-order valence-corrected chi connectivity index (χ3v) is 0.521. The first-order valence-corrected chi connectivity index (χ1v) is 1.97. The molecule has 0 aliphatic carbocycles. The monoisotopic (exact) mass is 108 g/mol. The van der Waals surface area contributed by atoms with E-state index in [1.807, 2.05) is 0 Å². The van der Waals surface area contributed by atoms with Crippen LogP contribution in [0.1, 0.15) is 0 Å². The summed E-state index contributed by atoms with van der Waals surface area (Å²) >= 11 is 0. The van der Waals surface area contributed by atoms with E-state index in [2.05, 4.69) is 10.7 Å². The highest BCUT2D eigenvalue weighted by molar-refractivity contribution is 4.45. The summed E-state index contributed by atoms with van der Waals surface area (Å²) in [6.07, 6.45) is -0.780. The van der Waals surface area contributed by atoms with Gasteiger partial charge < -0.3 is 10.2 Å². The second kappa shape index (κ2) is 4.01. The fourth-order valence-electron chi connectivity index (χ4n) is 0.189. The summed E-state index contributed by atoms with van der Waals surface area (Å²) in [4.78, 5) is 4.23. The molecule has 5 N–H and O–H groups in total. The first kappa shape index (κ1) is 6.84. The van der Waals surface area contributed by atoms with Gasteiger partial charge in [-0.15, -0.1) is 0 Å². The normalized spacial score (nSPS) is 14.1. The number of quaternary nitrogens is 1. The third kappa shape index (κ3) is 3.68. The standard InChI is InChI=1S/C3H10NO3/c4-7-2-3(6)1-5/h3,5-6H,1-2H2,4H3/q+1/t3-/m0/s1. The van der Waals surface area contributed by atoms with Crippen LogP contribution in [0.5, 0.6) is 0 Å². The van der Waals surface area contributed by atoms with Crippen molar-refractivity contribution in [1.82, 2.24) is 0 Å². The van der Waals surface area contributed by atoms with Gasteiger partial charge in [-0.25, -0.2) is 10.7 Å². The van der Waals surface area contributed by atoms with Crippen molar-refractivity contribution in [2.75, 3.05) is 13.2 Å². The Balaban J connectivity index is 2.83. The van der Waals surface area contributed by atoms with Crippen LogP contribution in [0.15, 0.2) is 0 Å². The molecule has 0 saturated heterocycles. The molecule has 0 fully saturated rings. The Morgan fingerprint density at radius 2 is 2.29 bits per heavy atom. The highest BCUT2D eigenvalue weighted by atomic mass is 16.6. The van der Waals surface area contributed by atoms with Crippen LogP contribution in [-0.2, 0) is 4.84 Å². The van der Waals surface area contributed by atoms with Crippen molar-refractivity contribution in [3.63, 3.8) is 0 Å². The maximum absolute atomic E-state index is 8.44. The van der Waals surface area contributed by atoms with Crippen molar-refractivity contribution in [1.29, 1.82) is 0 Å². The van der Waals surface area contributed by atoms with Crippen LogP contribution in [-0.4, -0.2) is 29.5 Å². The Bertz CT molecular complexity index is 41.2. The minimum absolute atomic E-state index is 0.0938. The zero-order valence-corrected chi connectivity index (χ0v) is 4.00. The molecule has 0 aliphatic heterocycles. The van der Waals surface area contributed by atoms with E-state index in [9.17, 15) is 0 Å². The Hall–Kier alpha value is -0.160. The summed E-state index contributed by atoms with van der Waals surface area (Å²) in [5.74, 6) is 3.00. The third-order valence-electron chi connectivity index (χ3n) is 0.521. The molecule has 0 aromatic rings. The van der Waals surface area contributed by atoms with Crippen LogP contribution in [0.4, 0.5) is 0 Å². The second-order valence-electron chi connectivity index (χ2n) is 1.21. The van der Waals surface area contributed by atoms with Gasteiger partial charge in [0, 0.05) is 0 Å². The molecule has 4 nitrogen and oxygen atoms in total. The van der Waals surface area contributed by atoms with Gasteiger partial charge in [0.15, 0.2) is 0 Å². The zero-order chi connectivity index (χ0) is 5.70. The number of aliphatic hydroxyl groups excluding tert-OH is 2. The van der Waals surface area contributed by atoms with Crippen molar-refractivity contribution >= 4 is 0 Å². The van der Waals surface area contributed by atoms with E-state index in [0.29, 0.717) is 0 Å². The summed E-state index contributed by atoms with van der Waals surface area (Å²) in [6.45, 7) is -0.175. The zero-order valence-electron chi connectivity index (χ0n) is 4.00. The molecule has 0 aliphatic rings. The largest absolute Gasteiger partial charge is 0.394 e. The molecule has 0 spiro atoms. The Morgan fingerprint density at radius 1 is 1.71 bits per heavy atom. The molecule has 0 amide bonds. The highest BCUT2D eigenvalue weighted by Gasteiger charge is 1.99. The summed E-state index contributed by atoms with van der Waals surface area (Å²) in [5, 5.41) is 16.6. The van der Waals surface area contributed by atoms with E-state index < -0.39 is 6.10 Å². The first-order valence-electron chi connectivity index (χ1n) is 1.97. The average Bonchev–Trinajstić information content (AvgIpc) is 1.68. The SMILES string of the molecule is [NH3+]OC[C@@H](O)CO. The second-order valence-corrected chi connectivity index (χ2v) is 1.21. The van der Waals surface area contributed by atoms with Gasteiger partial charge in [0.05, 0.1) is 6.61 Å². The molecule has 0 rings (SSSR count). The van der Waals surface area contributed by atoms with Crippen LogP contribution in [0.2, 0.25) is 0 Å². The number of rotatable bonds is 3. The van der Waals surface area contributed by atoms with Crippen molar-refractivity contribution in [2.45, 2.75) is 6.10 Å². The van der Waals surface area contributed by atoms with Crippen molar-refractivity contribution in [2.24, 2.45) is 0 Å². The molecular formula is C3H10NO3+. The molecule has 44 valence electrons. The lowest BCUT2D eigenvalue weighted by Gasteiger charge is -1.99. The van der Waals surface area contributed by atoms with Gasteiger partial charge in [-0.1, -0.05) is 0 Å². The average molecular weight is 108 g/mol. The molecule has 0 bridgehead atoms. The maximum Gasteiger partial charge on any atom is 0.134 e. The van der Waals surface area contributed by atoms with Crippen LogP contribution >= 0.6 is 0 Å². The predicted octanol–water partition coefficient (Wildman–Crippen LogP) is -2.49. The highest BCUT2D eigenvalue weighted by Crippen LogP contribution is 1.75. The van der Waals surface area contributed by atoms with E-state index >= 15 is 0 Å². The topological polar surface area (TPSA) is 77.3 Å². The Labute approximate surface area is 41.5 Å². The van der Waals surface area contributed by atoms with E-state index in [-0.39, 0.29) is 13.2 Å². The molecule has 7 heavy (non-hydrogen) atoms. The smallest absolute Gasteiger partial charge is 0.134 e. The van der Waals surface area contributed by atoms with Gasteiger partial charge in [0.1, 0.15) is 12.7 Å². The lowest BCUT2D eigenvalue weighted by Crippen LogP contribution is -2.51. The van der Waals surface area contributed by atoms with Gasteiger partial charge in [0.25, 0.3) is 0 Å². The molecule has 0 aromatic carbocycles. The molecule has 0 aromatic heterocycles. The van der Waals surface area contributed by atoms with Crippen molar-refractivity contribution in [3.8, 4) is 0 Å². The van der Waals surface area contributed by atoms with E-state index in [1.165, 1.54) is 0 Å². The molecule has 1 atom stereocenters. The van der Waals surface area contributed by atoms with Crippen LogP contribution < -0.4 is 5.90 Å². The van der Waals surface area contributed by atoms with Crippen LogP contribution in [0, 0.1) is 0 Å². The lowest BCUT2D eigenvalue weighted by molar-refractivity contribution is -0.691. The quantitative estimate of drug-likeness (QED) is 0.350. The van der Waals surface area contributed by atoms with E-state index in [4.69, 9.17) is 10.2 Å². The van der Waals surface area contributed by atoms with Crippen LogP contribution in [0.3, 0.4) is 0 Å². The van der Waals surface area contributed by atoms with Gasteiger partial charge in [-0.2, -0.15) is 0 Å². The molecule has 4 heteroatoms. The van der Waals surface area contributed by atoms with Crippen molar-refractivity contribution < 1.29 is 20.9 Å². The van der Waals surface area contributed by atoms with Gasteiger partial charge in [0.2, 0.25) is 0 Å². The maximum atomic E-state index is 8.44. The first-order chi connectivity index (χ1) is 3.31. The Morgan fingerprint density at radius 3 is 2.43 bits per heavy atom. The van der Waals surface area contributed by atoms with Gasteiger partial charge in [-0.3, -0.25) is 0 Å². The molecular weight excluding hydrogens is 98.0 g/mol. The predicted molar refractivity (Wildman–Crippen MR) is 21.9 cm³/mol. The van der Waals surface area contributed by atoms with Gasteiger partial charge >= 0.3 is 0 Å². The number of aliphatic hydroxyl groups is 2. The summed E-state index contributed by atoms with van der Waals surface area (Å²) in [7, 11) is 0. The molecule has 0 unspecified atom stereocenters. The van der Waals surface area contributed by atoms with Crippen LogP contribution in [0.25, 0.3) is 0 Å². The molecule has 0 saturated carbocycles.